The molecule has 0 heterocycles. The number of likely N-dealkylation sites (N-methyl/N-ethyl adjacent to an activating group) is 1. The standard InChI is InChI=1S/C15H24ClN3O3S/c1-11-6-7-13(16)10-14(11)19(23(5,21)22)12(2)15(20)17-8-9-18(3)4/h6-7,10,12H,8-9H2,1-5H3,(H,17,20)/t12-/m0/s1. The summed E-state index contributed by atoms with van der Waals surface area (Å²) in [5.74, 6) is -0.350. The van der Waals surface area contributed by atoms with Gasteiger partial charge in [0, 0.05) is 18.1 Å². The summed E-state index contributed by atoms with van der Waals surface area (Å²) >= 11 is 5.99. The summed E-state index contributed by atoms with van der Waals surface area (Å²) in [6.45, 7) is 4.46. The van der Waals surface area contributed by atoms with E-state index < -0.39 is 16.1 Å². The van der Waals surface area contributed by atoms with Crippen molar-refractivity contribution < 1.29 is 13.2 Å². The molecule has 6 nitrogen and oxygen atoms in total. The van der Waals surface area contributed by atoms with Gasteiger partial charge in [0.2, 0.25) is 15.9 Å². The van der Waals surface area contributed by atoms with Crippen molar-refractivity contribution in [2.24, 2.45) is 0 Å². The van der Waals surface area contributed by atoms with Crippen LogP contribution in [0.3, 0.4) is 0 Å². The van der Waals surface area contributed by atoms with Gasteiger partial charge >= 0.3 is 0 Å². The number of hydrogen-bond donors (Lipinski definition) is 1. The molecule has 0 radical (unpaired) electrons. The van der Waals surface area contributed by atoms with Crippen LogP contribution in [0.25, 0.3) is 0 Å². The maximum Gasteiger partial charge on any atom is 0.243 e. The quantitative estimate of drug-likeness (QED) is 0.798. The van der Waals surface area contributed by atoms with Crippen molar-refractivity contribution in [3.63, 3.8) is 0 Å². The van der Waals surface area contributed by atoms with Gasteiger partial charge in [-0.25, -0.2) is 8.42 Å². The van der Waals surface area contributed by atoms with Crippen molar-refractivity contribution in [2.75, 3.05) is 37.7 Å². The molecule has 0 saturated carbocycles. The van der Waals surface area contributed by atoms with Crippen LogP contribution < -0.4 is 9.62 Å². The summed E-state index contributed by atoms with van der Waals surface area (Å²) < 4.78 is 25.5. The third-order valence-corrected chi connectivity index (χ3v) is 4.82. The molecule has 0 aliphatic carbocycles. The Balaban J connectivity index is 3.08. The predicted octanol–water partition coefficient (Wildman–Crippen LogP) is 1.48. The van der Waals surface area contributed by atoms with Gasteiger partial charge in [-0.15, -0.1) is 0 Å². The molecule has 1 N–H and O–H groups in total. The Morgan fingerprint density at radius 1 is 1.35 bits per heavy atom. The Morgan fingerprint density at radius 3 is 2.48 bits per heavy atom. The number of carbonyl (C=O) groups is 1. The maximum atomic E-state index is 12.3. The summed E-state index contributed by atoms with van der Waals surface area (Å²) in [7, 11) is 0.154. The molecule has 1 rings (SSSR count). The molecule has 1 aromatic carbocycles. The molecule has 23 heavy (non-hydrogen) atoms. The lowest BCUT2D eigenvalue weighted by molar-refractivity contribution is -0.121. The average molecular weight is 362 g/mol. The Hall–Kier alpha value is -1.31. The lowest BCUT2D eigenvalue weighted by Gasteiger charge is -2.29. The number of nitrogens with one attached hydrogen (secondary N) is 1. The molecule has 1 amide bonds. The second-order valence-corrected chi connectivity index (χ2v) is 8.06. The first kappa shape index (κ1) is 19.7. The number of amides is 1. The van der Waals surface area contributed by atoms with Crippen LogP contribution in [0.5, 0.6) is 0 Å². The molecule has 1 aromatic rings. The third-order valence-electron chi connectivity index (χ3n) is 3.36. The van der Waals surface area contributed by atoms with Crippen molar-refractivity contribution in [1.29, 1.82) is 0 Å². The fraction of sp³-hybridized carbons (Fsp3) is 0.533. The van der Waals surface area contributed by atoms with E-state index in [2.05, 4.69) is 5.32 Å². The number of sulfonamides is 1. The van der Waals surface area contributed by atoms with Gasteiger partial charge in [-0.2, -0.15) is 0 Å². The molecule has 1 atom stereocenters. The fourth-order valence-corrected chi connectivity index (χ4v) is 3.54. The van der Waals surface area contributed by atoms with Gasteiger partial charge in [-0.05, 0) is 45.6 Å². The zero-order valence-electron chi connectivity index (χ0n) is 14.1. The van der Waals surface area contributed by atoms with Crippen molar-refractivity contribution in [3.05, 3.63) is 28.8 Å². The van der Waals surface area contributed by atoms with Gasteiger partial charge in [-0.1, -0.05) is 17.7 Å². The molecule has 0 aliphatic heterocycles. The van der Waals surface area contributed by atoms with E-state index in [-0.39, 0.29) is 5.91 Å². The number of anilines is 1. The van der Waals surface area contributed by atoms with Crippen LogP contribution in [0, 0.1) is 6.92 Å². The van der Waals surface area contributed by atoms with E-state index in [0.717, 1.165) is 16.1 Å². The zero-order valence-corrected chi connectivity index (χ0v) is 15.7. The monoisotopic (exact) mass is 361 g/mol. The number of halogens is 1. The largest absolute Gasteiger partial charge is 0.353 e. The lowest BCUT2D eigenvalue weighted by atomic mass is 10.2. The van der Waals surface area contributed by atoms with Crippen LogP contribution in [0.1, 0.15) is 12.5 Å². The predicted molar refractivity (Wildman–Crippen MR) is 94.5 cm³/mol. The molecular formula is C15H24ClN3O3S. The van der Waals surface area contributed by atoms with Crippen LogP contribution in [-0.4, -0.2) is 58.7 Å². The highest BCUT2D eigenvalue weighted by Crippen LogP contribution is 2.28. The number of rotatable bonds is 7. The second-order valence-electron chi connectivity index (χ2n) is 5.76. The summed E-state index contributed by atoms with van der Waals surface area (Å²) in [4.78, 5) is 14.2. The van der Waals surface area contributed by atoms with Crippen LogP contribution in [0.2, 0.25) is 5.02 Å². The highest BCUT2D eigenvalue weighted by atomic mass is 35.5. The van der Waals surface area contributed by atoms with E-state index in [0.29, 0.717) is 23.8 Å². The lowest BCUT2D eigenvalue weighted by Crippen LogP contribution is -2.49. The van der Waals surface area contributed by atoms with Crippen LogP contribution >= 0.6 is 11.6 Å². The number of nitrogens with zero attached hydrogens (tertiary/aromatic N) is 2. The average Bonchev–Trinajstić information content (AvgIpc) is 2.40. The Kier molecular flexibility index (Phi) is 6.85. The summed E-state index contributed by atoms with van der Waals surface area (Å²) in [6.07, 6.45) is 1.08. The highest BCUT2D eigenvalue weighted by Gasteiger charge is 2.30. The van der Waals surface area contributed by atoms with Crippen molar-refractivity contribution in [2.45, 2.75) is 19.9 Å². The smallest absolute Gasteiger partial charge is 0.243 e. The number of benzene rings is 1. The van der Waals surface area contributed by atoms with Gasteiger partial charge in [0.05, 0.1) is 11.9 Å². The summed E-state index contributed by atoms with van der Waals surface area (Å²) in [6, 6.07) is 4.10. The van der Waals surface area contributed by atoms with E-state index in [1.807, 2.05) is 19.0 Å². The van der Waals surface area contributed by atoms with Gasteiger partial charge in [0.25, 0.3) is 0 Å². The Morgan fingerprint density at radius 2 is 1.96 bits per heavy atom. The highest BCUT2D eigenvalue weighted by molar-refractivity contribution is 7.92. The summed E-state index contributed by atoms with van der Waals surface area (Å²) in [5.41, 5.74) is 1.14. The molecular weight excluding hydrogens is 338 g/mol. The van der Waals surface area contributed by atoms with E-state index >= 15 is 0 Å². The molecule has 0 spiro atoms. The summed E-state index contributed by atoms with van der Waals surface area (Å²) in [5, 5.41) is 3.17. The first-order valence-corrected chi connectivity index (χ1v) is 9.44. The number of carbonyl (C=O) groups excluding carboxylic acids is 1. The molecule has 0 unspecified atom stereocenters. The van der Waals surface area contributed by atoms with Crippen LogP contribution in [-0.2, 0) is 14.8 Å². The minimum Gasteiger partial charge on any atom is -0.353 e. The van der Waals surface area contributed by atoms with Gasteiger partial charge in [0.1, 0.15) is 6.04 Å². The van der Waals surface area contributed by atoms with E-state index in [4.69, 9.17) is 11.6 Å². The molecule has 0 aromatic heterocycles. The van der Waals surface area contributed by atoms with Crippen molar-refractivity contribution in [3.8, 4) is 0 Å². The molecule has 0 saturated heterocycles. The number of aryl methyl sites for hydroxylation is 1. The molecule has 8 heteroatoms. The Bertz CT molecular complexity index is 662. The maximum absolute atomic E-state index is 12.3. The first-order valence-electron chi connectivity index (χ1n) is 7.22. The zero-order chi connectivity index (χ0) is 17.8. The van der Waals surface area contributed by atoms with E-state index in [9.17, 15) is 13.2 Å². The Labute approximate surface area is 143 Å². The topological polar surface area (TPSA) is 69.7 Å². The van der Waals surface area contributed by atoms with Gasteiger partial charge in [-0.3, -0.25) is 9.10 Å². The normalized spacial score (nSPS) is 13.0. The van der Waals surface area contributed by atoms with E-state index in [1.165, 1.54) is 0 Å². The van der Waals surface area contributed by atoms with Gasteiger partial charge < -0.3 is 10.2 Å². The minimum absolute atomic E-state index is 0.350. The first-order chi connectivity index (χ1) is 10.5. The third kappa shape index (κ3) is 5.67. The van der Waals surface area contributed by atoms with Crippen molar-refractivity contribution >= 4 is 33.2 Å². The molecule has 130 valence electrons. The molecule has 0 fully saturated rings. The van der Waals surface area contributed by atoms with Crippen molar-refractivity contribution in [1.82, 2.24) is 10.2 Å². The van der Waals surface area contributed by atoms with Crippen LogP contribution in [0.4, 0.5) is 5.69 Å². The van der Waals surface area contributed by atoms with E-state index in [1.54, 1.807) is 32.0 Å². The van der Waals surface area contributed by atoms with Crippen LogP contribution in [0.15, 0.2) is 18.2 Å². The second kappa shape index (κ2) is 7.99. The minimum atomic E-state index is -3.64. The fourth-order valence-electron chi connectivity index (χ4n) is 2.15. The molecule has 0 bridgehead atoms. The van der Waals surface area contributed by atoms with Gasteiger partial charge in [0.15, 0.2) is 0 Å². The molecule has 0 aliphatic rings. The number of hydrogen-bond acceptors (Lipinski definition) is 4. The SMILES string of the molecule is Cc1ccc(Cl)cc1N([C@@H](C)C(=O)NCCN(C)C)S(C)(=O)=O.